The second kappa shape index (κ2) is 10.4. The van der Waals surface area contributed by atoms with Crippen LogP contribution in [-0.2, 0) is 21.9 Å². The van der Waals surface area contributed by atoms with Gasteiger partial charge in [-0.15, -0.1) is 11.8 Å². The van der Waals surface area contributed by atoms with Gasteiger partial charge in [-0.3, -0.25) is 9.59 Å². The number of carbonyl (C=O) groups excluding carboxylic acids is 2. The van der Waals surface area contributed by atoms with Gasteiger partial charge in [-0.25, -0.2) is 0 Å². The zero-order valence-electron chi connectivity index (χ0n) is 15.9. The molecule has 2 aromatic rings. The minimum atomic E-state index is -0.529. The molecule has 27 heavy (non-hydrogen) atoms. The fraction of sp³-hybridized carbons (Fsp3) is 0.333. The summed E-state index contributed by atoms with van der Waals surface area (Å²) < 4.78 is 0. The van der Waals surface area contributed by atoms with E-state index < -0.39 is 6.04 Å². The van der Waals surface area contributed by atoms with Crippen molar-refractivity contribution in [3.8, 4) is 0 Å². The Hall–Kier alpha value is -1.98. The van der Waals surface area contributed by atoms with Crippen LogP contribution in [0.2, 0.25) is 5.02 Å². The highest BCUT2D eigenvalue weighted by Crippen LogP contribution is 2.18. The summed E-state index contributed by atoms with van der Waals surface area (Å²) in [7, 11) is 1.59. The van der Waals surface area contributed by atoms with Crippen LogP contribution in [-0.4, -0.2) is 35.6 Å². The second-order valence-corrected chi connectivity index (χ2v) is 7.78. The van der Waals surface area contributed by atoms with E-state index in [9.17, 15) is 9.59 Å². The van der Waals surface area contributed by atoms with E-state index in [4.69, 9.17) is 11.6 Å². The normalized spacial score (nSPS) is 11.7. The van der Waals surface area contributed by atoms with Gasteiger partial charge in [-0.1, -0.05) is 48.0 Å². The summed E-state index contributed by atoms with van der Waals surface area (Å²) in [5.41, 5.74) is 3.26. The Kier molecular flexibility index (Phi) is 8.20. The van der Waals surface area contributed by atoms with Gasteiger partial charge in [0.1, 0.15) is 6.04 Å². The number of rotatable bonds is 8. The number of nitrogens with zero attached hydrogens (tertiary/aromatic N) is 1. The fourth-order valence-electron chi connectivity index (χ4n) is 2.68. The van der Waals surface area contributed by atoms with Crippen molar-refractivity contribution in [2.75, 3.05) is 12.8 Å². The second-order valence-electron chi connectivity index (χ2n) is 6.36. The number of hydrogen-bond donors (Lipinski definition) is 1. The number of carbonyl (C=O) groups is 2. The van der Waals surface area contributed by atoms with Crippen LogP contribution in [0.5, 0.6) is 0 Å². The first-order valence-corrected chi connectivity index (χ1v) is 10.3. The van der Waals surface area contributed by atoms with Crippen molar-refractivity contribution < 1.29 is 9.59 Å². The highest BCUT2D eigenvalue weighted by atomic mass is 35.5. The number of aryl methyl sites for hydroxylation is 1. The number of nitrogens with one attached hydrogen (secondary N) is 1. The molecule has 144 valence electrons. The number of hydrogen-bond acceptors (Lipinski definition) is 3. The molecule has 0 aliphatic carbocycles. The largest absolute Gasteiger partial charge is 0.357 e. The molecule has 1 N–H and O–H groups in total. The van der Waals surface area contributed by atoms with Crippen molar-refractivity contribution in [3.05, 3.63) is 70.2 Å². The molecule has 2 aromatic carbocycles. The monoisotopic (exact) mass is 404 g/mol. The number of thioether (sulfide) groups is 1. The SMILES string of the molecule is CNC(=O)[C@H](C)N(Cc1ccccc1C)C(=O)CSCc1ccc(Cl)cc1. The first kappa shape index (κ1) is 21.3. The van der Waals surface area contributed by atoms with E-state index in [-0.39, 0.29) is 11.8 Å². The molecule has 2 amide bonds. The molecule has 1 atom stereocenters. The van der Waals surface area contributed by atoms with Gasteiger partial charge in [-0.2, -0.15) is 0 Å². The molecular formula is C21H25ClN2O2S. The number of halogens is 1. The Bertz CT molecular complexity index is 780. The summed E-state index contributed by atoms with van der Waals surface area (Å²) in [6.45, 7) is 4.19. The lowest BCUT2D eigenvalue weighted by atomic mass is 10.1. The van der Waals surface area contributed by atoms with E-state index in [0.717, 1.165) is 22.4 Å². The molecule has 0 fully saturated rings. The van der Waals surface area contributed by atoms with E-state index in [1.807, 2.05) is 55.5 Å². The van der Waals surface area contributed by atoms with E-state index in [0.29, 0.717) is 17.3 Å². The quantitative estimate of drug-likeness (QED) is 0.722. The highest BCUT2D eigenvalue weighted by Gasteiger charge is 2.25. The Morgan fingerprint density at radius 1 is 1.15 bits per heavy atom. The minimum Gasteiger partial charge on any atom is -0.357 e. The van der Waals surface area contributed by atoms with Crippen LogP contribution in [0.1, 0.15) is 23.6 Å². The van der Waals surface area contributed by atoms with Crippen molar-refractivity contribution in [1.82, 2.24) is 10.2 Å². The van der Waals surface area contributed by atoms with Gasteiger partial charge in [0.15, 0.2) is 0 Å². The molecule has 0 saturated heterocycles. The minimum absolute atomic E-state index is 0.0479. The molecule has 6 heteroatoms. The van der Waals surface area contributed by atoms with Gasteiger partial charge in [0, 0.05) is 24.4 Å². The molecule has 0 aliphatic rings. The number of amides is 2. The smallest absolute Gasteiger partial charge is 0.242 e. The molecule has 0 saturated carbocycles. The third-order valence-electron chi connectivity index (χ3n) is 4.42. The fourth-order valence-corrected chi connectivity index (χ4v) is 3.68. The lowest BCUT2D eigenvalue weighted by Crippen LogP contribution is -2.47. The summed E-state index contributed by atoms with van der Waals surface area (Å²) in [6, 6.07) is 15.0. The molecule has 2 rings (SSSR count). The summed E-state index contributed by atoms with van der Waals surface area (Å²) in [6.07, 6.45) is 0. The van der Waals surface area contributed by atoms with Gasteiger partial charge in [0.2, 0.25) is 11.8 Å². The van der Waals surface area contributed by atoms with Crippen LogP contribution in [0.25, 0.3) is 0 Å². The van der Waals surface area contributed by atoms with Crippen LogP contribution >= 0.6 is 23.4 Å². The van der Waals surface area contributed by atoms with Gasteiger partial charge < -0.3 is 10.2 Å². The molecule has 4 nitrogen and oxygen atoms in total. The zero-order chi connectivity index (χ0) is 19.8. The molecular weight excluding hydrogens is 380 g/mol. The van der Waals surface area contributed by atoms with Gasteiger partial charge in [-0.05, 0) is 42.7 Å². The summed E-state index contributed by atoms with van der Waals surface area (Å²) >= 11 is 7.43. The Labute approximate surface area is 170 Å². The lowest BCUT2D eigenvalue weighted by Gasteiger charge is -2.29. The summed E-state index contributed by atoms with van der Waals surface area (Å²) in [4.78, 5) is 26.7. The Morgan fingerprint density at radius 2 is 1.81 bits per heavy atom. The number of likely N-dealkylation sites (N-methyl/N-ethyl adjacent to an activating group) is 1. The van der Waals surface area contributed by atoms with Crippen LogP contribution in [0.4, 0.5) is 0 Å². The van der Waals surface area contributed by atoms with Crippen molar-refractivity contribution in [2.24, 2.45) is 0 Å². The van der Waals surface area contributed by atoms with Crippen LogP contribution in [0.3, 0.4) is 0 Å². The average molecular weight is 405 g/mol. The van der Waals surface area contributed by atoms with E-state index in [1.54, 1.807) is 18.9 Å². The topological polar surface area (TPSA) is 49.4 Å². The first-order chi connectivity index (χ1) is 12.9. The molecule has 0 aromatic heterocycles. The van der Waals surface area contributed by atoms with Crippen LogP contribution in [0.15, 0.2) is 48.5 Å². The summed E-state index contributed by atoms with van der Waals surface area (Å²) in [5.74, 6) is 0.818. The zero-order valence-corrected chi connectivity index (χ0v) is 17.4. The molecule has 0 radical (unpaired) electrons. The predicted molar refractivity (Wildman–Crippen MR) is 113 cm³/mol. The van der Waals surface area contributed by atoms with Crippen molar-refractivity contribution >= 4 is 35.2 Å². The third kappa shape index (κ3) is 6.29. The van der Waals surface area contributed by atoms with E-state index in [2.05, 4.69) is 5.32 Å². The molecule has 0 heterocycles. The molecule has 0 aliphatic heterocycles. The van der Waals surface area contributed by atoms with Crippen molar-refractivity contribution in [1.29, 1.82) is 0 Å². The highest BCUT2D eigenvalue weighted by molar-refractivity contribution is 7.99. The van der Waals surface area contributed by atoms with Crippen LogP contribution in [0, 0.1) is 6.92 Å². The Morgan fingerprint density at radius 3 is 2.44 bits per heavy atom. The first-order valence-electron chi connectivity index (χ1n) is 8.80. The lowest BCUT2D eigenvalue weighted by molar-refractivity contribution is -0.138. The van der Waals surface area contributed by atoms with Crippen molar-refractivity contribution in [2.45, 2.75) is 32.2 Å². The van der Waals surface area contributed by atoms with E-state index >= 15 is 0 Å². The van der Waals surface area contributed by atoms with Crippen LogP contribution < -0.4 is 5.32 Å². The molecule has 0 unspecified atom stereocenters. The average Bonchev–Trinajstić information content (AvgIpc) is 2.67. The van der Waals surface area contributed by atoms with Gasteiger partial charge >= 0.3 is 0 Å². The van der Waals surface area contributed by atoms with Gasteiger partial charge in [0.05, 0.1) is 5.75 Å². The molecule has 0 bridgehead atoms. The van der Waals surface area contributed by atoms with Crippen molar-refractivity contribution in [3.63, 3.8) is 0 Å². The van der Waals surface area contributed by atoms with Gasteiger partial charge in [0.25, 0.3) is 0 Å². The maximum atomic E-state index is 12.9. The Balaban J connectivity index is 2.04. The standard InChI is InChI=1S/C21H25ClN2O2S/c1-15-6-4-5-7-18(15)12-24(16(2)21(26)23-3)20(25)14-27-13-17-8-10-19(22)11-9-17/h4-11,16H,12-14H2,1-3H3,(H,23,26)/t16-/m0/s1. The van der Waals surface area contributed by atoms with E-state index in [1.165, 1.54) is 11.8 Å². The maximum absolute atomic E-state index is 12.9. The maximum Gasteiger partial charge on any atom is 0.242 e. The summed E-state index contributed by atoms with van der Waals surface area (Å²) in [5, 5.41) is 3.33. The number of benzene rings is 2. The predicted octanol–water partition coefficient (Wildman–Crippen LogP) is 4.04. The third-order valence-corrected chi connectivity index (χ3v) is 5.66. The molecule has 0 spiro atoms.